The summed E-state index contributed by atoms with van der Waals surface area (Å²) in [5, 5.41) is 2.40. The van der Waals surface area contributed by atoms with Crippen LogP contribution >= 0.6 is 0 Å². The number of amides is 1. The first-order chi connectivity index (χ1) is 11.6. The highest BCUT2D eigenvalue weighted by atomic mass is 32.2. The van der Waals surface area contributed by atoms with Crippen molar-refractivity contribution in [3.63, 3.8) is 0 Å². The summed E-state index contributed by atoms with van der Waals surface area (Å²) in [5.74, 6) is -2.42. The van der Waals surface area contributed by atoms with Crippen LogP contribution in [0.25, 0.3) is 0 Å². The van der Waals surface area contributed by atoms with Crippen LogP contribution in [0.5, 0.6) is 5.75 Å². The number of anilines is 1. The van der Waals surface area contributed by atoms with Crippen LogP contribution in [0.15, 0.2) is 41.3 Å². The summed E-state index contributed by atoms with van der Waals surface area (Å²) in [6.45, 7) is 0. The minimum absolute atomic E-state index is 0.0556. The Kier molecular flexibility index (Phi) is 5.39. The summed E-state index contributed by atoms with van der Waals surface area (Å²) in [6, 6.07) is 6.28. The summed E-state index contributed by atoms with van der Waals surface area (Å²) in [7, 11) is 0.345. The first-order valence-corrected chi connectivity index (χ1v) is 8.47. The van der Waals surface area contributed by atoms with Crippen molar-refractivity contribution in [2.24, 2.45) is 0 Å². The zero-order chi connectivity index (χ0) is 18.8. The van der Waals surface area contributed by atoms with E-state index >= 15 is 0 Å². The second-order valence-electron chi connectivity index (χ2n) is 5.26. The van der Waals surface area contributed by atoms with E-state index in [0.29, 0.717) is 6.07 Å². The van der Waals surface area contributed by atoms with Gasteiger partial charge in [-0.15, -0.1) is 0 Å². The second-order valence-corrected chi connectivity index (χ2v) is 7.41. The number of halogens is 2. The third-order valence-electron chi connectivity index (χ3n) is 3.32. The summed E-state index contributed by atoms with van der Waals surface area (Å²) < 4.78 is 57.0. The molecule has 0 unspecified atom stereocenters. The van der Waals surface area contributed by atoms with Gasteiger partial charge in [0.05, 0.1) is 17.7 Å². The molecular formula is C16H16F2N2O4S. The highest BCUT2D eigenvalue weighted by Crippen LogP contribution is 2.29. The molecule has 0 aliphatic carbocycles. The van der Waals surface area contributed by atoms with Gasteiger partial charge in [0.25, 0.3) is 5.91 Å². The molecule has 0 fully saturated rings. The Morgan fingerprint density at radius 3 is 2.20 bits per heavy atom. The van der Waals surface area contributed by atoms with Gasteiger partial charge in [-0.2, -0.15) is 0 Å². The smallest absolute Gasteiger partial charge is 0.255 e. The van der Waals surface area contributed by atoms with E-state index in [2.05, 4.69) is 5.32 Å². The summed E-state index contributed by atoms with van der Waals surface area (Å²) in [5.41, 5.74) is -0.194. The molecule has 134 valence electrons. The molecule has 1 N–H and O–H groups in total. The Morgan fingerprint density at radius 2 is 1.68 bits per heavy atom. The monoisotopic (exact) mass is 370 g/mol. The first-order valence-electron chi connectivity index (χ1n) is 7.03. The largest absolute Gasteiger partial charge is 0.495 e. The lowest BCUT2D eigenvalue weighted by Gasteiger charge is -2.15. The van der Waals surface area contributed by atoms with E-state index in [4.69, 9.17) is 4.74 Å². The van der Waals surface area contributed by atoms with Crippen LogP contribution < -0.4 is 10.1 Å². The van der Waals surface area contributed by atoms with E-state index < -0.39 is 27.6 Å². The Labute approximate surface area is 144 Å². The van der Waals surface area contributed by atoms with Gasteiger partial charge in [-0.25, -0.2) is 21.5 Å². The van der Waals surface area contributed by atoms with Gasteiger partial charge in [-0.05, 0) is 30.3 Å². The van der Waals surface area contributed by atoms with Crippen molar-refractivity contribution >= 4 is 21.6 Å². The van der Waals surface area contributed by atoms with E-state index in [9.17, 15) is 22.0 Å². The van der Waals surface area contributed by atoms with Crippen molar-refractivity contribution < 1.29 is 26.7 Å². The topological polar surface area (TPSA) is 75.7 Å². The average molecular weight is 370 g/mol. The molecule has 2 rings (SSSR count). The number of ether oxygens (including phenoxy) is 1. The minimum atomic E-state index is -3.73. The van der Waals surface area contributed by atoms with Crippen LogP contribution in [-0.2, 0) is 10.0 Å². The molecule has 25 heavy (non-hydrogen) atoms. The van der Waals surface area contributed by atoms with Gasteiger partial charge < -0.3 is 10.1 Å². The third-order valence-corrected chi connectivity index (χ3v) is 5.13. The van der Waals surface area contributed by atoms with Gasteiger partial charge >= 0.3 is 0 Å². The van der Waals surface area contributed by atoms with Gasteiger partial charge in [0.1, 0.15) is 17.4 Å². The number of carbonyl (C=O) groups is 1. The summed E-state index contributed by atoms with van der Waals surface area (Å²) >= 11 is 0. The van der Waals surface area contributed by atoms with Gasteiger partial charge in [0.2, 0.25) is 10.0 Å². The van der Waals surface area contributed by atoms with Crippen molar-refractivity contribution in [2.75, 3.05) is 26.5 Å². The zero-order valence-corrected chi connectivity index (χ0v) is 14.5. The van der Waals surface area contributed by atoms with Crippen molar-refractivity contribution in [3.05, 3.63) is 53.6 Å². The van der Waals surface area contributed by atoms with Gasteiger partial charge in [-0.3, -0.25) is 4.79 Å². The molecule has 0 heterocycles. The molecule has 2 aromatic rings. The molecule has 9 heteroatoms. The maximum atomic E-state index is 13.3. The zero-order valence-electron chi connectivity index (χ0n) is 13.7. The molecule has 0 aromatic heterocycles. The number of nitrogens with one attached hydrogen (secondary N) is 1. The number of hydrogen-bond donors (Lipinski definition) is 1. The van der Waals surface area contributed by atoms with Crippen molar-refractivity contribution in [1.29, 1.82) is 0 Å². The quantitative estimate of drug-likeness (QED) is 0.877. The molecule has 0 atom stereocenters. The summed E-state index contributed by atoms with van der Waals surface area (Å²) in [4.78, 5) is 12.2. The Hall–Kier alpha value is -2.52. The molecule has 0 radical (unpaired) electrons. The Bertz CT molecular complexity index is 894. The second kappa shape index (κ2) is 7.16. The highest BCUT2D eigenvalue weighted by Gasteiger charge is 2.20. The Balaban J connectivity index is 2.42. The molecule has 0 aliphatic rings. The van der Waals surface area contributed by atoms with Crippen LogP contribution in [0.4, 0.5) is 14.5 Å². The van der Waals surface area contributed by atoms with Crippen LogP contribution in [0, 0.1) is 11.6 Å². The van der Waals surface area contributed by atoms with Gasteiger partial charge in [-0.1, -0.05) is 0 Å². The van der Waals surface area contributed by atoms with Crippen molar-refractivity contribution in [1.82, 2.24) is 4.31 Å². The number of hydrogen-bond acceptors (Lipinski definition) is 4. The molecule has 0 saturated carbocycles. The number of nitrogens with zero attached hydrogens (tertiary/aromatic N) is 1. The lowest BCUT2D eigenvalue weighted by atomic mass is 10.2. The molecule has 1 amide bonds. The van der Waals surface area contributed by atoms with Crippen LogP contribution in [-0.4, -0.2) is 39.8 Å². The number of rotatable bonds is 5. The number of benzene rings is 2. The number of methoxy groups -OCH3 is 1. The lowest BCUT2D eigenvalue weighted by molar-refractivity contribution is 0.102. The Morgan fingerprint density at radius 1 is 1.08 bits per heavy atom. The van der Waals surface area contributed by atoms with Crippen LogP contribution in [0.2, 0.25) is 0 Å². The van der Waals surface area contributed by atoms with E-state index in [-0.39, 0.29) is 21.9 Å². The molecule has 2 aromatic carbocycles. The standard InChI is InChI=1S/C16H16F2N2O4S/c1-20(2)25(22,23)13-4-5-15(24-3)14(9-13)19-16(21)10-6-11(17)8-12(18)7-10/h4-9H,1-3H3,(H,19,21). The van der Waals surface area contributed by atoms with Gasteiger partial charge in [0, 0.05) is 25.7 Å². The van der Waals surface area contributed by atoms with Crippen LogP contribution in [0.3, 0.4) is 0 Å². The molecule has 0 spiro atoms. The minimum Gasteiger partial charge on any atom is -0.495 e. The fraction of sp³-hybridized carbons (Fsp3) is 0.188. The van der Waals surface area contributed by atoms with Crippen molar-refractivity contribution in [3.8, 4) is 5.75 Å². The highest BCUT2D eigenvalue weighted by molar-refractivity contribution is 7.89. The maximum absolute atomic E-state index is 13.3. The van der Waals surface area contributed by atoms with E-state index in [1.54, 1.807) is 0 Å². The third kappa shape index (κ3) is 4.12. The van der Waals surface area contributed by atoms with E-state index in [1.165, 1.54) is 39.4 Å². The normalized spacial score (nSPS) is 11.4. The number of carbonyl (C=O) groups excluding carboxylic acids is 1. The van der Waals surface area contributed by atoms with E-state index in [1.807, 2.05) is 0 Å². The maximum Gasteiger partial charge on any atom is 0.255 e. The van der Waals surface area contributed by atoms with Crippen LogP contribution in [0.1, 0.15) is 10.4 Å². The van der Waals surface area contributed by atoms with E-state index in [0.717, 1.165) is 16.4 Å². The SMILES string of the molecule is COc1ccc(S(=O)(=O)N(C)C)cc1NC(=O)c1cc(F)cc(F)c1. The molecular weight excluding hydrogens is 354 g/mol. The lowest BCUT2D eigenvalue weighted by Crippen LogP contribution is -2.22. The summed E-state index contributed by atoms with van der Waals surface area (Å²) in [6.07, 6.45) is 0. The molecule has 6 nitrogen and oxygen atoms in total. The average Bonchev–Trinajstić information content (AvgIpc) is 2.53. The van der Waals surface area contributed by atoms with Crippen molar-refractivity contribution in [2.45, 2.75) is 4.90 Å². The molecule has 0 aliphatic heterocycles. The fourth-order valence-electron chi connectivity index (χ4n) is 2.04. The van der Waals surface area contributed by atoms with Gasteiger partial charge in [0.15, 0.2) is 0 Å². The predicted molar refractivity (Wildman–Crippen MR) is 88.2 cm³/mol. The first kappa shape index (κ1) is 18.8. The fourth-order valence-corrected chi connectivity index (χ4v) is 2.96. The number of sulfonamides is 1. The predicted octanol–water partition coefficient (Wildman–Crippen LogP) is 2.48. The molecule has 0 bridgehead atoms. The molecule has 0 saturated heterocycles.